The van der Waals surface area contributed by atoms with Gasteiger partial charge >= 0.3 is 12.1 Å². The van der Waals surface area contributed by atoms with Crippen molar-refractivity contribution in [1.82, 2.24) is 24.3 Å². The highest BCUT2D eigenvalue weighted by molar-refractivity contribution is 6.30. The van der Waals surface area contributed by atoms with E-state index in [0.29, 0.717) is 50.7 Å². The fourth-order valence-electron chi connectivity index (χ4n) is 6.47. The van der Waals surface area contributed by atoms with Crippen molar-refractivity contribution in [2.24, 2.45) is 5.41 Å². The Labute approximate surface area is 277 Å². The molecular formula is C32H32ClF4N7O4. The van der Waals surface area contributed by atoms with Gasteiger partial charge in [0.1, 0.15) is 45.7 Å². The van der Waals surface area contributed by atoms with Gasteiger partial charge in [-0.15, -0.1) is 0 Å². The number of carboxylic acid groups (broad SMARTS) is 1. The van der Waals surface area contributed by atoms with E-state index in [1.54, 1.807) is 11.3 Å². The monoisotopic (exact) mass is 689 g/mol. The average molecular weight is 690 g/mol. The molecule has 3 aromatic heterocycles. The van der Waals surface area contributed by atoms with Crippen LogP contribution in [0, 0.1) is 11.2 Å². The Hall–Kier alpha value is -4.34. The highest BCUT2D eigenvalue weighted by atomic mass is 35.5. The largest absolute Gasteiger partial charge is 0.481 e. The molecule has 4 N–H and O–H groups in total. The lowest BCUT2D eigenvalue weighted by Crippen LogP contribution is -2.52. The van der Waals surface area contributed by atoms with Crippen LogP contribution in [-0.2, 0) is 15.7 Å². The van der Waals surface area contributed by atoms with Crippen LogP contribution in [0.15, 0.2) is 42.7 Å². The first-order chi connectivity index (χ1) is 22.7. The van der Waals surface area contributed by atoms with E-state index in [2.05, 4.69) is 20.2 Å². The molecule has 1 saturated carbocycles. The highest BCUT2D eigenvalue weighted by Gasteiger charge is 2.42. The summed E-state index contributed by atoms with van der Waals surface area (Å²) in [4.78, 5) is 39.6. The van der Waals surface area contributed by atoms with Gasteiger partial charge in [-0.3, -0.25) is 18.9 Å². The van der Waals surface area contributed by atoms with Gasteiger partial charge in [0, 0.05) is 36.0 Å². The molecule has 1 saturated heterocycles. The molecule has 11 nitrogen and oxygen atoms in total. The Bertz CT molecular complexity index is 1890. The van der Waals surface area contributed by atoms with Gasteiger partial charge in [0.15, 0.2) is 0 Å². The van der Waals surface area contributed by atoms with Gasteiger partial charge in [-0.2, -0.15) is 13.2 Å². The van der Waals surface area contributed by atoms with Crippen molar-refractivity contribution in [3.8, 4) is 11.3 Å². The molecule has 2 atom stereocenters. The number of halogens is 5. The lowest BCUT2D eigenvalue weighted by molar-refractivity contribution is -0.151. The number of nitrogens with zero attached hydrogens (tertiary/aromatic N) is 5. The van der Waals surface area contributed by atoms with Crippen molar-refractivity contribution in [2.75, 3.05) is 24.2 Å². The van der Waals surface area contributed by atoms with Crippen LogP contribution in [0.4, 0.5) is 29.2 Å². The van der Waals surface area contributed by atoms with Crippen LogP contribution in [-0.4, -0.2) is 66.5 Å². The molecule has 1 aliphatic carbocycles. The van der Waals surface area contributed by atoms with Gasteiger partial charge in [-0.1, -0.05) is 11.6 Å². The van der Waals surface area contributed by atoms with E-state index in [4.69, 9.17) is 27.1 Å². The number of amides is 1. The molecule has 6 rings (SSSR count). The molecule has 0 spiro atoms. The lowest BCUT2D eigenvalue weighted by Gasteiger charge is -2.46. The first-order valence-corrected chi connectivity index (χ1v) is 15.6. The molecular weight excluding hydrogens is 658 g/mol. The summed E-state index contributed by atoms with van der Waals surface area (Å²) in [7, 11) is 0. The molecule has 4 heterocycles. The molecule has 2 aliphatic rings. The van der Waals surface area contributed by atoms with Gasteiger partial charge in [0.25, 0.3) is 5.91 Å². The summed E-state index contributed by atoms with van der Waals surface area (Å²) in [6, 6.07) is 5.18. The molecule has 1 amide bonds. The van der Waals surface area contributed by atoms with Crippen LogP contribution in [0.1, 0.15) is 67.4 Å². The maximum absolute atomic E-state index is 15.8. The summed E-state index contributed by atoms with van der Waals surface area (Å²) >= 11 is 6.61. The second-order valence-corrected chi connectivity index (χ2v) is 12.9. The highest BCUT2D eigenvalue weighted by Crippen LogP contribution is 2.41. The smallest absolute Gasteiger partial charge is 0.416 e. The Morgan fingerprint density at radius 1 is 1.17 bits per heavy atom. The first kappa shape index (κ1) is 33.6. The predicted molar refractivity (Wildman–Crippen MR) is 168 cm³/mol. The molecule has 2 fully saturated rings. The van der Waals surface area contributed by atoms with Crippen molar-refractivity contribution in [1.29, 1.82) is 0 Å². The molecule has 0 bridgehead atoms. The van der Waals surface area contributed by atoms with Crippen LogP contribution >= 0.6 is 11.6 Å². The first-order valence-electron chi connectivity index (χ1n) is 15.2. The van der Waals surface area contributed by atoms with Gasteiger partial charge < -0.3 is 20.9 Å². The third kappa shape index (κ3) is 6.29. The van der Waals surface area contributed by atoms with Gasteiger partial charge in [0.05, 0.1) is 23.8 Å². The standard InChI is InChI=1S/C32H32ClF4N7O4/c1-16-15-48-22(14-43(16)19-5-8-31(2,9-6-19)30(46)47)28-42-25(26-27(38)40-13-23(33)44(26)28)20-4-3-17(11-21(20)34)29(45)41-24-12-18(7-10-39-24)32(35,36)37/h3-4,7,10-13,16,19,22H,5-6,8-9,14-15H2,1-2H3,(H2,38,40)(H,46,47)(H,39,41,45)/t16-,19?,22+,31?/m0/s1. The number of nitrogens with two attached hydrogens (primary N) is 1. The van der Waals surface area contributed by atoms with Gasteiger partial charge in [-0.05, 0) is 69.9 Å². The van der Waals surface area contributed by atoms with Crippen LogP contribution in [0.2, 0.25) is 5.15 Å². The number of rotatable bonds is 6. The number of hydrogen-bond acceptors (Lipinski definition) is 8. The number of hydrogen-bond donors (Lipinski definition) is 3. The molecule has 48 heavy (non-hydrogen) atoms. The van der Waals surface area contributed by atoms with E-state index < -0.39 is 41.0 Å². The molecule has 1 aliphatic heterocycles. The second kappa shape index (κ2) is 12.6. The molecule has 4 aromatic rings. The number of imidazole rings is 1. The summed E-state index contributed by atoms with van der Waals surface area (Å²) in [5.41, 5.74) is 4.65. The van der Waals surface area contributed by atoms with Gasteiger partial charge in [0.2, 0.25) is 0 Å². The van der Waals surface area contributed by atoms with Crippen LogP contribution in [0.5, 0.6) is 0 Å². The Morgan fingerprint density at radius 3 is 2.56 bits per heavy atom. The second-order valence-electron chi connectivity index (χ2n) is 12.5. The van der Waals surface area contributed by atoms with Gasteiger partial charge in [-0.25, -0.2) is 19.3 Å². The number of benzene rings is 1. The number of pyridine rings is 1. The number of ether oxygens (including phenoxy) is 1. The number of aliphatic carboxylic acids is 1. The topological polar surface area (TPSA) is 148 Å². The number of nitrogens with one attached hydrogen (secondary N) is 1. The Kier molecular flexibility index (Phi) is 8.81. The van der Waals surface area contributed by atoms with Crippen molar-refractivity contribution in [2.45, 2.75) is 63.9 Å². The number of aromatic nitrogens is 4. The summed E-state index contributed by atoms with van der Waals surface area (Å²) in [6.45, 7) is 4.60. The number of carbonyl (C=O) groups excluding carboxylic acids is 1. The lowest BCUT2D eigenvalue weighted by atomic mass is 9.73. The summed E-state index contributed by atoms with van der Waals surface area (Å²) in [6.07, 6.45) is -0.468. The maximum atomic E-state index is 15.8. The summed E-state index contributed by atoms with van der Waals surface area (Å²) in [5, 5.41) is 12.1. The predicted octanol–water partition coefficient (Wildman–Crippen LogP) is 6.23. The van der Waals surface area contributed by atoms with Crippen LogP contribution in [0.3, 0.4) is 0 Å². The van der Waals surface area contributed by atoms with Crippen LogP contribution in [0.25, 0.3) is 16.8 Å². The SMILES string of the molecule is C[C@H]1CO[C@@H](c2nc(-c3ccc(C(=O)Nc4cc(C(F)(F)F)ccn4)cc3F)c3c(N)ncc(Cl)n23)CN1C1CCC(C)(C(=O)O)CC1. The van der Waals surface area contributed by atoms with E-state index in [1.807, 2.05) is 6.92 Å². The molecule has 16 heteroatoms. The number of carboxylic acids is 1. The Balaban J connectivity index is 1.30. The zero-order valence-electron chi connectivity index (χ0n) is 25.9. The maximum Gasteiger partial charge on any atom is 0.416 e. The summed E-state index contributed by atoms with van der Waals surface area (Å²) < 4.78 is 62.8. The van der Waals surface area contributed by atoms with E-state index in [1.165, 1.54) is 18.3 Å². The minimum atomic E-state index is -4.64. The minimum absolute atomic E-state index is 0.0197. The number of fused-ring (bicyclic) bond motifs is 1. The third-order valence-corrected chi connectivity index (χ3v) is 9.57. The van der Waals surface area contributed by atoms with Crippen molar-refractivity contribution in [3.63, 3.8) is 0 Å². The average Bonchev–Trinajstić information content (AvgIpc) is 3.45. The zero-order valence-corrected chi connectivity index (χ0v) is 26.6. The van der Waals surface area contributed by atoms with Crippen molar-refractivity contribution in [3.05, 3.63) is 70.6 Å². The fourth-order valence-corrected chi connectivity index (χ4v) is 6.69. The number of nitrogen functional groups attached to an aromatic ring is 1. The number of carbonyl (C=O) groups is 2. The molecule has 254 valence electrons. The normalized spacial score (nSPS) is 23.7. The van der Waals surface area contributed by atoms with E-state index in [-0.39, 0.29) is 51.2 Å². The summed E-state index contributed by atoms with van der Waals surface area (Å²) in [5.74, 6) is -2.49. The minimum Gasteiger partial charge on any atom is -0.481 e. The fraction of sp³-hybridized carbons (Fsp3) is 0.406. The quantitative estimate of drug-likeness (QED) is 0.200. The molecule has 0 radical (unpaired) electrons. The van der Waals surface area contributed by atoms with Crippen molar-refractivity contribution >= 4 is 40.6 Å². The zero-order chi connectivity index (χ0) is 34.5. The van der Waals surface area contributed by atoms with E-state index >= 15 is 4.39 Å². The van der Waals surface area contributed by atoms with Crippen LogP contribution < -0.4 is 11.1 Å². The number of morpholine rings is 1. The van der Waals surface area contributed by atoms with E-state index in [0.717, 1.165) is 18.3 Å². The third-order valence-electron chi connectivity index (χ3n) is 9.30. The van der Waals surface area contributed by atoms with Crippen molar-refractivity contribution < 1.29 is 37.0 Å². The Morgan fingerprint density at radius 2 is 1.90 bits per heavy atom. The van der Waals surface area contributed by atoms with E-state index in [9.17, 15) is 27.9 Å². The molecule has 1 aromatic carbocycles. The molecule has 0 unspecified atom stereocenters. The number of alkyl halides is 3. The number of anilines is 2.